The molecular weight excluding hydrogens is 516 g/mol. The number of amides is 1. The smallest absolute Gasteiger partial charge is 0.416 e. The van der Waals surface area contributed by atoms with Crippen LogP contribution >= 0.6 is 0 Å². The van der Waals surface area contributed by atoms with Crippen molar-refractivity contribution in [1.82, 2.24) is 9.97 Å². The Morgan fingerprint density at radius 3 is 2.34 bits per heavy atom. The second-order valence-corrected chi connectivity index (χ2v) is 10.7. The third-order valence-electron chi connectivity index (χ3n) is 7.36. The number of carbonyl (C=O) groups is 1. The Labute approximate surface area is 241 Å². The maximum Gasteiger partial charge on any atom is 0.416 e. The molecule has 0 saturated carbocycles. The van der Waals surface area contributed by atoms with Gasteiger partial charge in [-0.05, 0) is 93.6 Å². The Morgan fingerprint density at radius 1 is 0.951 bits per heavy atom. The zero-order chi connectivity index (χ0) is 28.8. The van der Waals surface area contributed by atoms with Crippen molar-refractivity contribution in [2.24, 2.45) is 0 Å². The minimum absolute atomic E-state index is 0.0710. The van der Waals surface area contributed by atoms with Crippen molar-refractivity contribution in [3.63, 3.8) is 0 Å². The molecule has 4 aromatic rings. The minimum atomic E-state index is -0.646. The highest BCUT2D eigenvalue weighted by atomic mass is 16.6. The molecule has 8 heteroatoms. The summed E-state index contributed by atoms with van der Waals surface area (Å²) in [5.74, 6) is 3.35. The first kappa shape index (κ1) is 28.0. The molecule has 2 atom stereocenters. The van der Waals surface area contributed by atoms with Gasteiger partial charge in [-0.25, -0.2) is 9.78 Å². The summed E-state index contributed by atoms with van der Waals surface area (Å²) in [5, 5.41) is 3.36. The predicted molar refractivity (Wildman–Crippen MR) is 160 cm³/mol. The van der Waals surface area contributed by atoms with Crippen molar-refractivity contribution in [3.8, 4) is 17.2 Å². The van der Waals surface area contributed by atoms with Crippen LogP contribution in [0.5, 0.6) is 17.2 Å². The number of carbonyl (C=O) groups excluding carboxylic acids is 1. The number of ether oxygens (including phenoxy) is 3. The molecule has 1 saturated heterocycles. The second-order valence-electron chi connectivity index (χ2n) is 10.7. The normalized spacial score (nSPS) is 16.6. The molecule has 1 amide bonds. The number of aryl methyl sites for hydroxylation is 1. The quantitative estimate of drug-likeness (QED) is 0.205. The number of hydrogen-bond acceptors (Lipinski definition) is 7. The van der Waals surface area contributed by atoms with Crippen LogP contribution in [-0.2, 0) is 11.2 Å². The van der Waals surface area contributed by atoms with E-state index in [0.29, 0.717) is 11.8 Å². The van der Waals surface area contributed by atoms with Crippen LogP contribution < -0.4 is 19.7 Å². The highest BCUT2D eigenvalue weighted by molar-refractivity contribution is 5.90. The van der Waals surface area contributed by atoms with E-state index in [-0.39, 0.29) is 12.1 Å². The third kappa shape index (κ3) is 6.77. The van der Waals surface area contributed by atoms with Crippen LogP contribution in [0.1, 0.15) is 50.8 Å². The van der Waals surface area contributed by atoms with Gasteiger partial charge < -0.3 is 19.5 Å². The van der Waals surface area contributed by atoms with Crippen LogP contribution in [0.3, 0.4) is 0 Å². The second kappa shape index (κ2) is 12.3. The van der Waals surface area contributed by atoms with E-state index >= 15 is 0 Å². The lowest BCUT2D eigenvalue weighted by atomic mass is 9.92. The number of benzene rings is 3. The van der Waals surface area contributed by atoms with Crippen LogP contribution in [0.4, 0.5) is 16.6 Å². The molecule has 212 valence electrons. The first-order valence-electron chi connectivity index (χ1n) is 13.9. The van der Waals surface area contributed by atoms with Crippen molar-refractivity contribution in [2.75, 3.05) is 17.3 Å². The van der Waals surface area contributed by atoms with Crippen molar-refractivity contribution >= 4 is 17.9 Å². The van der Waals surface area contributed by atoms with Crippen LogP contribution in [0, 0.1) is 0 Å². The molecule has 1 unspecified atom stereocenters. The summed E-state index contributed by atoms with van der Waals surface area (Å²) in [6.45, 7) is 5.95. The number of para-hydroxylation sites is 1. The van der Waals surface area contributed by atoms with E-state index in [0.717, 1.165) is 42.1 Å². The van der Waals surface area contributed by atoms with Gasteiger partial charge in [-0.15, -0.1) is 0 Å². The molecule has 0 aliphatic carbocycles. The summed E-state index contributed by atoms with van der Waals surface area (Å²) in [5.41, 5.74) is 1.63. The van der Waals surface area contributed by atoms with E-state index in [1.54, 1.807) is 24.3 Å². The molecule has 0 bridgehead atoms. The lowest BCUT2D eigenvalue weighted by molar-refractivity contribution is 0.0665. The summed E-state index contributed by atoms with van der Waals surface area (Å²) in [6.07, 6.45) is 3.83. The molecule has 0 spiro atoms. The van der Waals surface area contributed by atoms with Crippen molar-refractivity contribution < 1.29 is 19.0 Å². The van der Waals surface area contributed by atoms with Gasteiger partial charge in [-0.1, -0.05) is 42.5 Å². The first-order valence-corrected chi connectivity index (χ1v) is 13.9. The number of rotatable bonds is 11. The van der Waals surface area contributed by atoms with Gasteiger partial charge >= 0.3 is 6.09 Å². The van der Waals surface area contributed by atoms with Crippen LogP contribution in [0.2, 0.25) is 0 Å². The number of cyclic esters (lactones) is 1. The third-order valence-corrected chi connectivity index (χ3v) is 7.36. The number of anilines is 2. The Kier molecular flexibility index (Phi) is 8.38. The number of nitrogens with zero attached hydrogens (tertiary/aromatic N) is 3. The Hall–Kier alpha value is -4.59. The minimum Gasteiger partial charge on any atom is -0.497 e. The van der Waals surface area contributed by atoms with E-state index in [1.165, 1.54) is 5.56 Å². The summed E-state index contributed by atoms with van der Waals surface area (Å²) in [6, 6.07) is 27.2. The number of hydrogen-bond donors (Lipinski definition) is 1. The van der Waals surface area contributed by atoms with Gasteiger partial charge in [0.1, 0.15) is 28.7 Å². The Morgan fingerprint density at radius 2 is 1.63 bits per heavy atom. The number of methoxy groups -OCH3 is 1. The van der Waals surface area contributed by atoms with Crippen LogP contribution in [0.25, 0.3) is 0 Å². The standard InChI is InChI=1S/C33H36N4O4/c1-23(25-15-19-28(20-16-25)40-27-10-6-5-7-11-27)35-31-34-22-21-30(36-31)37-29(33(2,3)41-32(37)38)12-8-9-24-13-17-26(39-4)18-14-24/h5-7,10-11,13-23,29H,8-9,12H2,1-4H3,(H,34,35,36)/t23-,29?/m0/s1. The highest BCUT2D eigenvalue weighted by Gasteiger charge is 2.48. The molecule has 8 nitrogen and oxygen atoms in total. The molecule has 5 rings (SSSR count). The monoisotopic (exact) mass is 552 g/mol. The zero-order valence-corrected chi connectivity index (χ0v) is 23.9. The van der Waals surface area contributed by atoms with Gasteiger partial charge in [0, 0.05) is 6.20 Å². The van der Waals surface area contributed by atoms with Crippen molar-refractivity contribution in [3.05, 3.63) is 102 Å². The van der Waals surface area contributed by atoms with Crippen molar-refractivity contribution in [1.29, 1.82) is 0 Å². The molecule has 1 aliphatic rings. The molecule has 1 N–H and O–H groups in total. The van der Waals surface area contributed by atoms with E-state index in [2.05, 4.69) is 22.4 Å². The average Bonchev–Trinajstić information content (AvgIpc) is 3.21. The molecule has 0 radical (unpaired) electrons. The lowest BCUT2D eigenvalue weighted by Gasteiger charge is -2.28. The van der Waals surface area contributed by atoms with Crippen LogP contribution in [-0.4, -0.2) is 34.8 Å². The Balaban J connectivity index is 1.24. The van der Waals surface area contributed by atoms with E-state index in [9.17, 15) is 4.79 Å². The molecule has 1 aromatic heterocycles. The molecule has 1 fully saturated rings. The molecule has 2 heterocycles. The van der Waals surface area contributed by atoms with Crippen LogP contribution in [0.15, 0.2) is 91.1 Å². The van der Waals surface area contributed by atoms with E-state index in [1.807, 2.05) is 87.5 Å². The van der Waals surface area contributed by atoms with Gasteiger partial charge in [0.2, 0.25) is 5.95 Å². The van der Waals surface area contributed by atoms with Gasteiger partial charge in [0.15, 0.2) is 0 Å². The molecule has 3 aromatic carbocycles. The predicted octanol–water partition coefficient (Wildman–Crippen LogP) is 7.58. The Bertz CT molecular complexity index is 1440. The van der Waals surface area contributed by atoms with Crippen molar-refractivity contribution in [2.45, 2.75) is 57.7 Å². The highest BCUT2D eigenvalue weighted by Crippen LogP contribution is 2.36. The zero-order valence-electron chi connectivity index (χ0n) is 23.9. The summed E-state index contributed by atoms with van der Waals surface area (Å²) in [7, 11) is 1.66. The van der Waals surface area contributed by atoms with Gasteiger partial charge in [0.25, 0.3) is 0 Å². The van der Waals surface area contributed by atoms with Gasteiger partial charge in [-0.3, -0.25) is 4.90 Å². The first-order chi connectivity index (χ1) is 19.8. The fraction of sp³-hybridized carbons (Fsp3) is 0.303. The molecule has 41 heavy (non-hydrogen) atoms. The molecule has 1 aliphatic heterocycles. The number of nitrogens with one attached hydrogen (secondary N) is 1. The summed E-state index contributed by atoms with van der Waals surface area (Å²) in [4.78, 5) is 23.8. The maximum atomic E-state index is 13.0. The number of aromatic nitrogens is 2. The van der Waals surface area contributed by atoms with Gasteiger partial charge in [0.05, 0.1) is 19.2 Å². The fourth-order valence-electron chi connectivity index (χ4n) is 5.08. The van der Waals surface area contributed by atoms with Gasteiger partial charge in [-0.2, -0.15) is 4.98 Å². The lowest BCUT2D eigenvalue weighted by Crippen LogP contribution is -2.42. The average molecular weight is 553 g/mol. The summed E-state index contributed by atoms with van der Waals surface area (Å²) >= 11 is 0. The largest absolute Gasteiger partial charge is 0.497 e. The summed E-state index contributed by atoms with van der Waals surface area (Å²) < 4.78 is 16.9. The maximum absolute atomic E-state index is 13.0. The van der Waals surface area contributed by atoms with E-state index < -0.39 is 11.7 Å². The topological polar surface area (TPSA) is 85.8 Å². The fourth-order valence-corrected chi connectivity index (χ4v) is 5.08. The van der Waals surface area contributed by atoms with E-state index in [4.69, 9.17) is 19.2 Å². The SMILES string of the molecule is COc1ccc(CCCC2N(c3ccnc(N[C@@H](C)c4ccc(Oc5ccccc5)cc4)n3)C(=O)OC2(C)C)cc1. The molecular formula is C33H36N4O4.